The van der Waals surface area contributed by atoms with Gasteiger partial charge in [-0.2, -0.15) is 0 Å². The van der Waals surface area contributed by atoms with E-state index in [9.17, 15) is 4.79 Å². The molecule has 33 heavy (non-hydrogen) atoms. The van der Waals surface area contributed by atoms with Gasteiger partial charge in [-0.15, -0.1) is 0 Å². The van der Waals surface area contributed by atoms with Crippen LogP contribution >= 0.6 is 0 Å². The molecule has 1 amide bonds. The standard InChI is InChI=1S/C27H35NO5/c1-30-23-11-10-18(15-24(23)31-2)14-22-21-17-26(33-4)25(32-3)16-20(21)12-13-28(22)27(29)19-8-6-5-7-9-19/h10-11,15-17,19,22H,5-9,12-14H2,1-4H3/t22-/m1/s1. The van der Waals surface area contributed by atoms with E-state index in [4.69, 9.17) is 18.9 Å². The summed E-state index contributed by atoms with van der Waals surface area (Å²) in [6.45, 7) is 0.718. The Labute approximate surface area is 196 Å². The zero-order valence-corrected chi connectivity index (χ0v) is 20.2. The Hall–Kier alpha value is -2.89. The van der Waals surface area contributed by atoms with Gasteiger partial charge in [-0.1, -0.05) is 25.3 Å². The fourth-order valence-electron chi connectivity index (χ4n) is 5.33. The van der Waals surface area contributed by atoms with Gasteiger partial charge in [0.2, 0.25) is 5.91 Å². The van der Waals surface area contributed by atoms with E-state index >= 15 is 0 Å². The minimum absolute atomic E-state index is 0.0684. The Balaban J connectivity index is 1.73. The molecule has 4 rings (SSSR count). The van der Waals surface area contributed by atoms with Crippen LogP contribution in [0.25, 0.3) is 0 Å². The van der Waals surface area contributed by atoms with E-state index in [-0.39, 0.29) is 12.0 Å². The number of hydrogen-bond acceptors (Lipinski definition) is 5. The second-order valence-corrected chi connectivity index (χ2v) is 8.93. The highest BCUT2D eigenvalue weighted by Gasteiger charge is 2.35. The third-order valence-electron chi connectivity index (χ3n) is 7.12. The third kappa shape index (κ3) is 4.75. The van der Waals surface area contributed by atoms with Gasteiger partial charge in [0.05, 0.1) is 34.5 Å². The van der Waals surface area contributed by atoms with Crippen LogP contribution in [-0.2, 0) is 17.6 Å². The minimum atomic E-state index is -0.0684. The number of hydrogen-bond donors (Lipinski definition) is 0. The molecule has 1 atom stereocenters. The maximum atomic E-state index is 13.7. The van der Waals surface area contributed by atoms with Crippen molar-refractivity contribution in [2.45, 2.75) is 51.0 Å². The van der Waals surface area contributed by atoms with Crippen molar-refractivity contribution in [3.8, 4) is 23.0 Å². The highest BCUT2D eigenvalue weighted by molar-refractivity contribution is 5.80. The molecule has 1 aliphatic carbocycles. The van der Waals surface area contributed by atoms with Gasteiger partial charge in [0.1, 0.15) is 0 Å². The SMILES string of the molecule is COc1ccc(C[C@@H]2c3cc(OC)c(OC)cc3CCN2C(=O)C2CCCCC2)cc1OC. The highest BCUT2D eigenvalue weighted by Crippen LogP contribution is 2.41. The molecule has 1 aliphatic heterocycles. The van der Waals surface area contributed by atoms with E-state index in [1.54, 1.807) is 28.4 Å². The lowest BCUT2D eigenvalue weighted by Crippen LogP contribution is -2.44. The number of benzene rings is 2. The molecule has 6 heteroatoms. The molecule has 0 radical (unpaired) electrons. The van der Waals surface area contributed by atoms with Crippen molar-refractivity contribution in [2.75, 3.05) is 35.0 Å². The number of carbonyl (C=O) groups excluding carboxylic acids is 1. The number of amides is 1. The summed E-state index contributed by atoms with van der Waals surface area (Å²) >= 11 is 0. The van der Waals surface area contributed by atoms with Crippen molar-refractivity contribution in [2.24, 2.45) is 5.92 Å². The average Bonchev–Trinajstić information content (AvgIpc) is 2.88. The van der Waals surface area contributed by atoms with Crippen LogP contribution in [0.1, 0.15) is 54.8 Å². The summed E-state index contributed by atoms with van der Waals surface area (Å²) < 4.78 is 22.1. The number of methoxy groups -OCH3 is 4. The number of nitrogens with zero attached hydrogens (tertiary/aromatic N) is 1. The van der Waals surface area contributed by atoms with Crippen LogP contribution in [0.15, 0.2) is 30.3 Å². The highest BCUT2D eigenvalue weighted by atomic mass is 16.5. The van der Waals surface area contributed by atoms with Crippen LogP contribution < -0.4 is 18.9 Å². The topological polar surface area (TPSA) is 57.2 Å². The molecule has 0 spiro atoms. The van der Waals surface area contributed by atoms with Crippen molar-refractivity contribution in [3.05, 3.63) is 47.0 Å². The lowest BCUT2D eigenvalue weighted by Gasteiger charge is -2.40. The largest absolute Gasteiger partial charge is 0.493 e. The fourth-order valence-corrected chi connectivity index (χ4v) is 5.33. The van der Waals surface area contributed by atoms with Crippen LogP contribution in [0.3, 0.4) is 0 Å². The van der Waals surface area contributed by atoms with E-state index in [2.05, 4.69) is 23.1 Å². The van der Waals surface area contributed by atoms with Crippen LogP contribution in [0, 0.1) is 5.92 Å². The summed E-state index contributed by atoms with van der Waals surface area (Å²) in [6.07, 6.45) is 7.03. The minimum Gasteiger partial charge on any atom is -0.493 e. The van der Waals surface area contributed by atoms with Gasteiger partial charge >= 0.3 is 0 Å². The number of rotatable bonds is 7. The van der Waals surface area contributed by atoms with Gasteiger partial charge in [0, 0.05) is 12.5 Å². The first-order valence-electron chi connectivity index (χ1n) is 11.9. The molecule has 1 saturated carbocycles. The van der Waals surface area contributed by atoms with Gasteiger partial charge < -0.3 is 23.8 Å². The second-order valence-electron chi connectivity index (χ2n) is 8.93. The zero-order chi connectivity index (χ0) is 23.4. The zero-order valence-electron chi connectivity index (χ0n) is 20.2. The Morgan fingerprint density at radius 2 is 1.48 bits per heavy atom. The van der Waals surface area contributed by atoms with Crippen LogP contribution in [0.2, 0.25) is 0 Å². The molecule has 0 saturated heterocycles. The van der Waals surface area contributed by atoms with Crippen molar-refractivity contribution in [1.82, 2.24) is 4.90 Å². The van der Waals surface area contributed by atoms with Gasteiger partial charge in [-0.25, -0.2) is 0 Å². The third-order valence-corrected chi connectivity index (χ3v) is 7.12. The summed E-state index contributed by atoms with van der Waals surface area (Å²) in [6, 6.07) is 10.1. The first kappa shape index (κ1) is 23.3. The van der Waals surface area contributed by atoms with E-state index in [0.29, 0.717) is 29.6 Å². The molecule has 6 nitrogen and oxygen atoms in total. The summed E-state index contributed by atoms with van der Waals surface area (Å²) in [5.74, 6) is 3.25. The summed E-state index contributed by atoms with van der Waals surface area (Å²) in [5, 5.41) is 0. The quantitative estimate of drug-likeness (QED) is 0.592. The second kappa shape index (κ2) is 10.4. The Kier molecular flexibility index (Phi) is 7.31. The van der Waals surface area contributed by atoms with Crippen LogP contribution in [0.5, 0.6) is 23.0 Å². The predicted octanol–water partition coefficient (Wildman–Crippen LogP) is 4.97. The van der Waals surface area contributed by atoms with Gasteiger partial charge in [-0.05, 0) is 66.6 Å². The Morgan fingerprint density at radius 3 is 2.15 bits per heavy atom. The summed E-state index contributed by atoms with van der Waals surface area (Å²) in [5.41, 5.74) is 3.45. The van der Waals surface area contributed by atoms with Crippen molar-refractivity contribution in [1.29, 1.82) is 0 Å². The first-order valence-corrected chi connectivity index (χ1v) is 11.9. The normalized spacial score (nSPS) is 18.4. The van der Waals surface area contributed by atoms with Crippen molar-refractivity contribution in [3.63, 3.8) is 0 Å². The average molecular weight is 454 g/mol. The summed E-state index contributed by atoms with van der Waals surface area (Å²) in [7, 11) is 6.60. The molecule has 0 unspecified atom stereocenters. The maximum Gasteiger partial charge on any atom is 0.226 e. The van der Waals surface area contributed by atoms with E-state index in [1.807, 2.05) is 12.1 Å². The molecule has 1 fully saturated rings. The Bertz CT molecular complexity index is 983. The molecule has 178 valence electrons. The molecule has 0 bridgehead atoms. The molecule has 2 aromatic carbocycles. The number of fused-ring (bicyclic) bond motifs is 1. The van der Waals surface area contributed by atoms with Crippen molar-refractivity contribution < 1.29 is 23.7 Å². The molecular weight excluding hydrogens is 418 g/mol. The maximum absolute atomic E-state index is 13.7. The van der Waals surface area contributed by atoms with Crippen molar-refractivity contribution >= 4 is 5.91 Å². The van der Waals surface area contributed by atoms with E-state index < -0.39 is 0 Å². The van der Waals surface area contributed by atoms with E-state index in [1.165, 1.54) is 12.0 Å². The monoisotopic (exact) mass is 453 g/mol. The number of carbonyl (C=O) groups is 1. The lowest BCUT2D eigenvalue weighted by molar-refractivity contribution is -0.139. The van der Waals surface area contributed by atoms with Gasteiger partial charge in [-0.3, -0.25) is 4.79 Å². The smallest absolute Gasteiger partial charge is 0.226 e. The molecule has 0 N–H and O–H groups in total. The number of ether oxygens (including phenoxy) is 4. The van der Waals surface area contributed by atoms with Gasteiger partial charge in [0.25, 0.3) is 0 Å². The fraction of sp³-hybridized carbons (Fsp3) is 0.519. The van der Waals surface area contributed by atoms with Crippen LogP contribution in [-0.4, -0.2) is 45.8 Å². The first-order chi connectivity index (χ1) is 16.1. The molecule has 0 aromatic heterocycles. The van der Waals surface area contributed by atoms with E-state index in [0.717, 1.165) is 55.5 Å². The molecule has 2 aliphatic rings. The molecular formula is C27H35NO5. The summed E-state index contributed by atoms with van der Waals surface area (Å²) in [4.78, 5) is 15.8. The van der Waals surface area contributed by atoms with Gasteiger partial charge in [0.15, 0.2) is 23.0 Å². The lowest BCUT2D eigenvalue weighted by atomic mass is 9.84. The molecule has 1 heterocycles. The molecule has 2 aromatic rings. The predicted molar refractivity (Wildman–Crippen MR) is 128 cm³/mol. The Morgan fingerprint density at radius 1 is 0.848 bits per heavy atom. The van der Waals surface area contributed by atoms with Crippen LogP contribution in [0.4, 0.5) is 0 Å².